The van der Waals surface area contributed by atoms with Crippen LogP contribution in [0.25, 0.3) is 0 Å². The number of benzene rings is 1. The van der Waals surface area contributed by atoms with Crippen molar-refractivity contribution in [3.05, 3.63) is 69.6 Å². The van der Waals surface area contributed by atoms with Gasteiger partial charge in [-0.05, 0) is 24.6 Å². The summed E-state index contributed by atoms with van der Waals surface area (Å²) in [5.74, 6) is -0.812. The maximum Gasteiger partial charge on any atom is 0.263 e. The molecule has 0 atom stereocenters. The van der Waals surface area contributed by atoms with Gasteiger partial charge in [0.2, 0.25) is 0 Å². The van der Waals surface area contributed by atoms with Crippen LogP contribution in [-0.4, -0.2) is 67.7 Å². The highest BCUT2D eigenvalue weighted by molar-refractivity contribution is 5.99. The van der Waals surface area contributed by atoms with Gasteiger partial charge in [-0.15, -0.1) is 0 Å². The molecular weight excluding hydrogens is 384 g/mol. The molecule has 8 nitrogen and oxygen atoms in total. The molecule has 0 aliphatic carbocycles. The van der Waals surface area contributed by atoms with E-state index >= 15 is 0 Å². The SMILES string of the molecule is CNC(=O)c1cc(C(=O)NCCCN2CCOCC2)cn(Cc2ccccc2)c1=O. The van der Waals surface area contributed by atoms with Gasteiger partial charge in [-0.2, -0.15) is 0 Å². The van der Waals surface area contributed by atoms with Crippen LogP contribution in [0, 0.1) is 0 Å². The van der Waals surface area contributed by atoms with E-state index in [1.807, 2.05) is 30.3 Å². The van der Waals surface area contributed by atoms with Gasteiger partial charge in [-0.25, -0.2) is 0 Å². The minimum Gasteiger partial charge on any atom is -0.379 e. The van der Waals surface area contributed by atoms with Crippen molar-refractivity contribution in [3.8, 4) is 0 Å². The Balaban J connectivity index is 1.70. The molecule has 2 aromatic rings. The monoisotopic (exact) mass is 412 g/mol. The standard InChI is InChI=1S/C22H28N4O4/c1-23-21(28)19-14-18(16-26(22(19)29)15-17-6-3-2-4-7-17)20(27)24-8-5-9-25-10-12-30-13-11-25/h2-4,6-7,14,16H,5,8-13,15H2,1H3,(H,23,28)(H,24,27). The predicted octanol–water partition coefficient (Wildman–Crippen LogP) is 0.708. The van der Waals surface area contributed by atoms with Crippen molar-refractivity contribution >= 4 is 11.8 Å². The van der Waals surface area contributed by atoms with Crippen LogP contribution in [0.4, 0.5) is 0 Å². The fourth-order valence-corrected chi connectivity index (χ4v) is 3.39. The van der Waals surface area contributed by atoms with Crippen LogP contribution in [0.1, 0.15) is 32.7 Å². The van der Waals surface area contributed by atoms with Gasteiger partial charge in [0.1, 0.15) is 5.56 Å². The Labute approximate surface area is 175 Å². The Bertz CT molecular complexity index is 920. The first kappa shape index (κ1) is 21.7. The number of carbonyl (C=O) groups excluding carboxylic acids is 2. The topological polar surface area (TPSA) is 92.7 Å². The van der Waals surface area contributed by atoms with Gasteiger partial charge < -0.3 is 19.9 Å². The normalized spacial score (nSPS) is 14.3. The summed E-state index contributed by atoms with van der Waals surface area (Å²) < 4.78 is 6.74. The number of nitrogens with one attached hydrogen (secondary N) is 2. The highest BCUT2D eigenvalue weighted by Crippen LogP contribution is 2.06. The van der Waals surface area contributed by atoms with Crippen LogP contribution in [0.15, 0.2) is 47.4 Å². The number of ether oxygens (including phenoxy) is 1. The zero-order chi connectivity index (χ0) is 21.3. The Morgan fingerprint density at radius 3 is 2.53 bits per heavy atom. The van der Waals surface area contributed by atoms with Crippen LogP contribution >= 0.6 is 0 Å². The summed E-state index contributed by atoms with van der Waals surface area (Å²) in [7, 11) is 1.46. The molecule has 0 saturated carbocycles. The second-order valence-corrected chi connectivity index (χ2v) is 7.20. The lowest BCUT2D eigenvalue weighted by molar-refractivity contribution is 0.0374. The molecule has 2 amide bonds. The average Bonchev–Trinajstić information content (AvgIpc) is 2.78. The summed E-state index contributed by atoms with van der Waals surface area (Å²) in [6, 6.07) is 10.8. The maximum absolute atomic E-state index is 12.7. The molecule has 1 aliphatic heterocycles. The third-order valence-electron chi connectivity index (χ3n) is 5.06. The number of amides is 2. The molecule has 160 valence electrons. The molecule has 30 heavy (non-hydrogen) atoms. The number of rotatable bonds is 8. The van der Waals surface area contributed by atoms with E-state index in [-0.39, 0.29) is 23.6 Å². The van der Waals surface area contributed by atoms with Gasteiger partial charge >= 0.3 is 0 Å². The van der Waals surface area contributed by atoms with E-state index in [2.05, 4.69) is 15.5 Å². The fraction of sp³-hybridized carbons (Fsp3) is 0.409. The van der Waals surface area contributed by atoms with Crippen molar-refractivity contribution in [1.29, 1.82) is 0 Å². The molecule has 1 fully saturated rings. The molecule has 8 heteroatoms. The van der Waals surface area contributed by atoms with E-state index in [0.717, 1.165) is 44.8 Å². The fourth-order valence-electron chi connectivity index (χ4n) is 3.39. The molecule has 3 rings (SSSR count). The second kappa shape index (κ2) is 10.7. The van der Waals surface area contributed by atoms with E-state index in [4.69, 9.17) is 4.74 Å². The Morgan fingerprint density at radius 1 is 1.10 bits per heavy atom. The molecule has 0 spiro atoms. The molecule has 0 unspecified atom stereocenters. The van der Waals surface area contributed by atoms with Crippen molar-refractivity contribution in [2.75, 3.05) is 46.4 Å². The summed E-state index contributed by atoms with van der Waals surface area (Å²) in [6.45, 7) is 5.00. The molecule has 0 bridgehead atoms. The van der Waals surface area contributed by atoms with Gasteiger partial charge in [0.25, 0.3) is 17.4 Å². The molecular formula is C22H28N4O4. The molecule has 2 heterocycles. The summed E-state index contributed by atoms with van der Waals surface area (Å²) in [5.41, 5.74) is 0.720. The lowest BCUT2D eigenvalue weighted by Gasteiger charge is -2.26. The van der Waals surface area contributed by atoms with E-state index in [0.29, 0.717) is 6.54 Å². The smallest absolute Gasteiger partial charge is 0.263 e. The van der Waals surface area contributed by atoms with Gasteiger partial charge in [-0.1, -0.05) is 30.3 Å². The second-order valence-electron chi connectivity index (χ2n) is 7.20. The predicted molar refractivity (Wildman–Crippen MR) is 114 cm³/mol. The van der Waals surface area contributed by atoms with Gasteiger partial charge in [0, 0.05) is 32.9 Å². The molecule has 1 aromatic carbocycles. The van der Waals surface area contributed by atoms with E-state index in [9.17, 15) is 14.4 Å². The third kappa shape index (κ3) is 5.77. The van der Waals surface area contributed by atoms with Crippen LogP contribution < -0.4 is 16.2 Å². The number of hydrogen-bond acceptors (Lipinski definition) is 5. The quantitative estimate of drug-likeness (QED) is 0.623. The van der Waals surface area contributed by atoms with E-state index in [1.54, 1.807) is 0 Å². The lowest BCUT2D eigenvalue weighted by atomic mass is 10.1. The molecule has 2 N–H and O–H groups in total. The lowest BCUT2D eigenvalue weighted by Crippen LogP contribution is -2.38. The van der Waals surface area contributed by atoms with Crippen LogP contribution in [0.2, 0.25) is 0 Å². The van der Waals surface area contributed by atoms with Gasteiger partial charge in [-0.3, -0.25) is 19.3 Å². The highest BCUT2D eigenvalue weighted by atomic mass is 16.5. The van der Waals surface area contributed by atoms with Gasteiger partial charge in [0.15, 0.2) is 0 Å². The summed E-state index contributed by atoms with van der Waals surface area (Å²) in [5, 5.41) is 5.36. The van der Waals surface area contributed by atoms with Crippen molar-refractivity contribution in [2.45, 2.75) is 13.0 Å². The number of aromatic nitrogens is 1. The van der Waals surface area contributed by atoms with Crippen LogP contribution in [0.5, 0.6) is 0 Å². The van der Waals surface area contributed by atoms with Crippen LogP contribution in [0.3, 0.4) is 0 Å². The first-order valence-electron chi connectivity index (χ1n) is 10.2. The number of nitrogens with zero attached hydrogens (tertiary/aromatic N) is 2. The third-order valence-corrected chi connectivity index (χ3v) is 5.06. The first-order chi connectivity index (χ1) is 14.6. The zero-order valence-electron chi connectivity index (χ0n) is 17.2. The Hall–Kier alpha value is -2.97. The minimum atomic E-state index is -0.510. The van der Waals surface area contributed by atoms with Crippen molar-refractivity contribution in [1.82, 2.24) is 20.1 Å². The summed E-state index contributed by atoms with van der Waals surface area (Å²) >= 11 is 0. The van der Waals surface area contributed by atoms with Crippen molar-refractivity contribution < 1.29 is 14.3 Å². The minimum absolute atomic E-state index is 0.0469. The zero-order valence-corrected chi connectivity index (χ0v) is 17.2. The van der Waals surface area contributed by atoms with Crippen LogP contribution in [-0.2, 0) is 11.3 Å². The highest BCUT2D eigenvalue weighted by Gasteiger charge is 2.17. The largest absolute Gasteiger partial charge is 0.379 e. The average molecular weight is 412 g/mol. The molecule has 0 radical (unpaired) electrons. The number of morpholine rings is 1. The van der Waals surface area contributed by atoms with Crippen molar-refractivity contribution in [3.63, 3.8) is 0 Å². The van der Waals surface area contributed by atoms with Crippen molar-refractivity contribution in [2.24, 2.45) is 0 Å². The summed E-state index contributed by atoms with van der Waals surface area (Å²) in [6.07, 6.45) is 2.33. The molecule has 1 saturated heterocycles. The molecule has 1 aliphatic rings. The molecule has 1 aromatic heterocycles. The number of hydrogen-bond donors (Lipinski definition) is 2. The number of carbonyl (C=O) groups is 2. The maximum atomic E-state index is 12.7. The number of pyridine rings is 1. The Kier molecular flexibility index (Phi) is 7.75. The van der Waals surface area contributed by atoms with E-state index in [1.165, 1.54) is 23.9 Å². The Morgan fingerprint density at radius 2 is 1.83 bits per heavy atom. The van der Waals surface area contributed by atoms with Gasteiger partial charge in [0.05, 0.1) is 25.3 Å². The summed E-state index contributed by atoms with van der Waals surface area (Å²) in [4.78, 5) is 39.9. The first-order valence-corrected chi connectivity index (χ1v) is 10.2. The van der Waals surface area contributed by atoms with E-state index < -0.39 is 11.5 Å².